The number of nitrogens with one attached hydrogen (secondary N) is 2. The molecule has 1 heterocycles. The van der Waals surface area contributed by atoms with Crippen LogP contribution in [0.1, 0.15) is 119 Å². The van der Waals surface area contributed by atoms with Crippen molar-refractivity contribution < 1.29 is 42.9 Å². The zero-order chi connectivity index (χ0) is 39.9. The van der Waals surface area contributed by atoms with Gasteiger partial charge in [-0.05, 0) is 70.5 Å². The van der Waals surface area contributed by atoms with Crippen molar-refractivity contribution in [3.8, 4) is 23.0 Å². The number of anilines is 2. The molecule has 0 saturated heterocycles. The van der Waals surface area contributed by atoms with E-state index in [2.05, 4.69) is 78.2 Å². The standard InChI is InChI=1S/C43H48N2O9/c1-41(2,3)25-19-27(37(46)44-31-15-13-23(39(48)52-11)17-33(31)50-9)35-29(21-25)43(7,8)30-22-26(42(4,5)6)20-28(36(30)54-35)38(47)45-32-16-14-24(40(49)53-12)18-34(32)51-10/h13-22H,1-12H3,(H,44,46)(H,45,47). The number of hydrogen-bond acceptors (Lipinski definition) is 9. The van der Waals surface area contributed by atoms with E-state index in [4.69, 9.17) is 23.7 Å². The average Bonchev–Trinajstić information content (AvgIpc) is 3.12. The van der Waals surface area contributed by atoms with Crippen LogP contribution < -0.4 is 24.8 Å². The zero-order valence-corrected chi connectivity index (χ0v) is 32.9. The lowest BCUT2D eigenvalue weighted by Crippen LogP contribution is -2.30. The number of carbonyl (C=O) groups excluding carboxylic acids is 4. The second-order valence-electron chi connectivity index (χ2n) is 15.7. The Bertz CT molecular complexity index is 2020. The molecule has 2 N–H and O–H groups in total. The van der Waals surface area contributed by atoms with Crippen molar-refractivity contribution in [2.24, 2.45) is 0 Å². The van der Waals surface area contributed by atoms with E-state index in [1.165, 1.54) is 52.7 Å². The summed E-state index contributed by atoms with van der Waals surface area (Å²) in [5, 5.41) is 5.90. The number of carbonyl (C=O) groups is 4. The van der Waals surface area contributed by atoms with E-state index in [1.54, 1.807) is 12.1 Å². The van der Waals surface area contributed by atoms with Crippen LogP contribution in [0, 0.1) is 0 Å². The van der Waals surface area contributed by atoms with Gasteiger partial charge in [0.25, 0.3) is 11.8 Å². The number of amides is 2. The summed E-state index contributed by atoms with van der Waals surface area (Å²) in [6.45, 7) is 16.5. The summed E-state index contributed by atoms with van der Waals surface area (Å²) in [7, 11) is 5.46. The maximum absolute atomic E-state index is 14.4. The van der Waals surface area contributed by atoms with Gasteiger partial charge in [-0.2, -0.15) is 0 Å². The molecule has 5 rings (SSSR count). The second-order valence-corrected chi connectivity index (χ2v) is 15.7. The van der Waals surface area contributed by atoms with E-state index in [9.17, 15) is 19.2 Å². The molecule has 11 heteroatoms. The zero-order valence-electron chi connectivity index (χ0n) is 32.9. The molecule has 0 saturated carbocycles. The molecule has 0 spiro atoms. The number of rotatable bonds is 8. The Morgan fingerprint density at radius 3 is 1.26 bits per heavy atom. The number of fused-ring (bicyclic) bond motifs is 2. The minimum Gasteiger partial charge on any atom is -0.495 e. The fourth-order valence-corrected chi connectivity index (χ4v) is 6.31. The topological polar surface area (TPSA) is 138 Å². The van der Waals surface area contributed by atoms with Crippen LogP contribution in [0.15, 0.2) is 60.7 Å². The van der Waals surface area contributed by atoms with E-state index < -0.39 is 29.2 Å². The lowest BCUT2D eigenvalue weighted by Gasteiger charge is -2.38. The predicted molar refractivity (Wildman–Crippen MR) is 207 cm³/mol. The van der Waals surface area contributed by atoms with Gasteiger partial charge in [-0.25, -0.2) is 9.59 Å². The Morgan fingerprint density at radius 1 is 0.574 bits per heavy atom. The van der Waals surface area contributed by atoms with Crippen LogP contribution in [0.2, 0.25) is 0 Å². The first kappa shape index (κ1) is 39.4. The smallest absolute Gasteiger partial charge is 0.337 e. The molecule has 2 amide bonds. The van der Waals surface area contributed by atoms with E-state index in [0.717, 1.165) is 22.3 Å². The monoisotopic (exact) mass is 736 g/mol. The summed E-state index contributed by atoms with van der Waals surface area (Å²) >= 11 is 0. The minimum absolute atomic E-state index is 0.251. The molecule has 4 aromatic carbocycles. The molecule has 11 nitrogen and oxygen atoms in total. The van der Waals surface area contributed by atoms with Crippen molar-refractivity contribution in [2.75, 3.05) is 39.1 Å². The predicted octanol–water partition coefficient (Wildman–Crippen LogP) is 8.81. The highest BCUT2D eigenvalue weighted by molar-refractivity contribution is 6.10. The summed E-state index contributed by atoms with van der Waals surface area (Å²) in [6.07, 6.45) is 0. The molecular weight excluding hydrogens is 688 g/mol. The van der Waals surface area contributed by atoms with E-state index in [-0.39, 0.29) is 44.6 Å². The molecule has 0 atom stereocenters. The fourth-order valence-electron chi connectivity index (χ4n) is 6.31. The fraction of sp³-hybridized carbons (Fsp3) is 0.349. The summed E-state index contributed by atoms with van der Waals surface area (Å²) in [5.41, 5.74) is 3.64. The van der Waals surface area contributed by atoms with Gasteiger partial charge in [0.2, 0.25) is 0 Å². The lowest BCUT2D eigenvalue weighted by molar-refractivity contribution is 0.0591. The molecule has 0 unspecified atom stereocenters. The van der Waals surface area contributed by atoms with E-state index >= 15 is 0 Å². The molecule has 1 aliphatic rings. The highest BCUT2D eigenvalue weighted by Crippen LogP contribution is 2.53. The van der Waals surface area contributed by atoms with Gasteiger partial charge in [-0.1, -0.05) is 67.5 Å². The van der Waals surface area contributed by atoms with E-state index in [1.807, 2.05) is 12.1 Å². The molecule has 4 aromatic rings. The molecule has 0 aromatic heterocycles. The number of hydrogen-bond donors (Lipinski definition) is 2. The highest BCUT2D eigenvalue weighted by Gasteiger charge is 2.41. The first-order chi connectivity index (χ1) is 25.2. The van der Waals surface area contributed by atoms with Crippen molar-refractivity contribution in [1.82, 2.24) is 0 Å². The number of ether oxygens (including phenoxy) is 5. The van der Waals surface area contributed by atoms with Crippen molar-refractivity contribution in [3.63, 3.8) is 0 Å². The third-order valence-corrected chi connectivity index (χ3v) is 9.69. The lowest BCUT2D eigenvalue weighted by atomic mass is 9.70. The quantitative estimate of drug-likeness (QED) is 0.170. The normalized spacial score (nSPS) is 13.0. The van der Waals surface area contributed by atoms with Crippen LogP contribution in [-0.4, -0.2) is 52.2 Å². The molecule has 1 aliphatic heterocycles. The summed E-state index contributed by atoms with van der Waals surface area (Å²) in [6, 6.07) is 17.0. The summed E-state index contributed by atoms with van der Waals surface area (Å²) in [4.78, 5) is 53.1. The van der Waals surface area contributed by atoms with Crippen LogP contribution in [-0.2, 0) is 25.7 Å². The van der Waals surface area contributed by atoms with Crippen molar-refractivity contribution in [2.45, 2.75) is 71.6 Å². The van der Waals surface area contributed by atoms with Gasteiger partial charge in [0.1, 0.15) is 23.0 Å². The highest BCUT2D eigenvalue weighted by atomic mass is 16.5. The maximum Gasteiger partial charge on any atom is 0.337 e. The van der Waals surface area contributed by atoms with Crippen LogP contribution >= 0.6 is 0 Å². The summed E-state index contributed by atoms with van der Waals surface area (Å²) < 4.78 is 27.5. The van der Waals surface area contributed by atoms with Gasteiger partial charge in [0.15, 0.2) is 0 Å². The largest absolute Gasteiger partial charge is 0.495 e. The second kappa shape index (κ2) is 14.5. The maximum atomic E-state index is 14.4. The van der Waals surface area contributed by atoms with Crippen molar-refractivity contribution in [1.29, 1.82) is 0 Å². The van der Waals surface area contributed by atoms with Crippen LogP contribution in [0.5, 0.6) is 23.0 Å². The molecule has 0 bridgehead atoms. The Hall–Kier alpha value is -5.84. The van der Waals surface area contributed by atoms with Gasteiger partial charge < -0.3 is 34.3 Å². The Kier molecular flexibility index (Phi) is 10.6. The molecule has 0 radical (unpaired) electrons. The number of benzene rings is 4. The Balaban J connectivity index is 1.68. The number of methoxy groups -OCH3 is 4. The Morgan fingerprint density at radius 2 is 0.944 bits per heavy atom. The van der Waals surface area contributed by atoms with Gasteiger partial charge in [0, 0.05) is 16.5 Å². The molecule has 0 aliphatic carbocycles. The molecule has 54 heavy (non-hydrogen) atoms. The van der Waals surface area contributed by atoms with Crippen LogP contribution in [0.25, 0.3) is 0 Å². The molecule has 284 valence electrons. The minimum atomic E-state index is -0.741. The third-order valence-electron chi connectivity index (χ3n) is 9.69. The van der Waals surface area contributed by atoms with Gasteiger partial charge in [0.05, 0.1) is 62.1 Å². The number of esters is 2. The van der Waals surface area contributed by atoms with Crippen LogP contribution in [0.3, 0.4) is 0 Å². The Labute approximate surface area is 316 Å². The van der Waals surface area contributed by atoms with Crippen LogP contribution in [0.4, 0.5) is 11.4 Å². The van der Waals surface area contributed by atoms with Crippen molar-refractivity contribution >= 4 is 35.1 Å². The van der Waals surface area contributed by atoms with Gasteiger partial charge >= 0.3 is 11.9 Å². The molecule has 0 fully saturated rings. The van der Waals surface area contributed by atoms with Gasteiger partial charge in [-0.15, -0.1) is 0 Å². The van der Waals surface area contributed by atoms with Crippen molar-refractivity contribution in [3.05, 3.63) is 105 Å². The first-order valence-electron chi connectivity index (χ1n) is 17.5. The summed E-state index contributed by atoms with van der Waals surface area (Å²) in [5.74, 6) is -0.898. The molecular formula is C43H48N2O9. The van der Waals surface area contributed by atoms with Gasteiger partial charge in [-0.3, -0.25) is 9.59 Å². The SMILES string of the molecule is COC(=O)c1ccc(NC(=O)c2cc(C(C)(C)C)cc3c2Oc2c(C(=O)Nc4ccc(C(=O)OC)cc4OC)cc(C(C)(C)C)cc2C3(C)C)c(OC)c1. The first-order valence-corrected chi connectivity index (χ1v) is 17.5. The average molecular weight is 737 g/mol. The third kappa shape index (κ3) is 7.48. The van der Waals surface area contributed by atoms with E-state index in [0.29, 0.717) is 22.9 Å².